The Balaban J connectivity index is 2.18. The van der Waals surface area contributed by atoms with Crippen LogP contribution >= 0.6 is 15.9 Å². The van der Waals surface area contributed by atoms with Crippen molar-refractivity contribution in [2.24, 2.45) is 0 Å². The first-order chi connectivity index (χ1) is 8.70. The highest BCUT2D eigenvalue weighted by Gasteiger charge is 2.04. The molecule has 0 aromatic heterocycles. The predicted octanol–water partition coefficient (Wildman–Crippen LogP) is 5.50. The molecule has 0 spiro atoms. The van der Waals surface area contributed by atoms with Gasteiger partial charge in [0.1, 0.15) is 11.5 Å². The summed E-state index contributed by atoms with van der Waals surface area (Å²) in [7, 11) is 0. The molecule has 0 unspecified atom stereocenters. The summed E-state index contributed by atoms with van der Waals surface area (Å²) in [4.78, 5) is 0. The molecule has 0 amide bonds. The number of ether oxygens (including phenoxy) is 1. The number of hydrogen-bond acceptors (Lipinski definition) is 1. The second-order valence-corrected chi connectivity index (χ2v) is 5.13. The third kappa shape index (κ3) is 3.14. The second-order valence-electron chi connectivity index (χ2n) is 4.57. The summed E-state index contributed by atoms with van der Waals surface area (Å²) in [6.45, 7) is 4.38. The van der Waals surface area contributed by atoms with E-state index in [1.54, 1.807) is 0 Å². The molecule has 2 aromatic rings. The van der Waals surface area contributed by atoms with Crippen LogP contribution in [0.1, 0.15) is 30.9 Å². The van der Waals surface area contributed by atoms with Crippen molar-refractivity contribution in [3.8, 4) is 11.5 Å². The molecule has 94 valence electrons. The first kappa shape index (κ1) is 13.2. The molecule has 18 heavy (non-hydrogen) atoms. The number of benzene rings is 2. The van der Waals surface area contributed by atoms with Crippen LogP contribution in [0, 0.1) is 0 Å². The molecule has 0 bridgehead atoms. The molecular weight excluding hydrogens is 288 g/mol. The van der Waals surface area contributed by atoms with Crippen LogP contribution in [0.25, 0.3) is 0 Å². The average Bonchev–Trinajstić information content (AvgIpc) is 2.40. The van der Waals surface area contributed by atoms with Gasteiger partial charge in [-0.05, 0) is 29.7 Å². The van der Waals surface area contributed by atoms with E-state index in [0.717, 1.165) is 22.4 Å². The van der Waals surface area contributed by atoms with Crippen molar-refractivity contribution in [2.45, 2.75) is 25.1 Å². The maximum atomic E-state index is 5.91. The van der Waals surface area contributed by atoms with Crippen molar-refractivity contribution in [1.82, 2.24) is 0 Å². The third-order valence-corrected chi connectivity index (χ3v) is 3.50. The van der Waals surface area contributed by atoms with Crippen molar-refractivity contribution in [1.29, 1.82) is 0 Å². The Morgan fingerprint density at radius 1 is 1.00 bits per heavy atom. The molecule has 2 rings (SSSR count). The van der Waals surface area contributed by atoms with E-state index in [4.69, 9.17) is 4.74 Å². The van der Waals surface area contributed by atoms with Gasteiger partial charge in [0.2, 0.25) is 0 Å². The summed E-state index contributed by atoms with van der Waals surface area (Å²) >= 11 is 3.47. The predicted molar refractivity (Wildman–Crippen MR) is 79.7 cm³/mol. The zero-order valence-electron chi connectivity index (χ0n) is 10.7. The van der Waals surface area contributed by atoms with Gasteiger partial charge < -0.3 is 4.74 Å². The normalized spacial score (nSPS) is 10.7. The van der Waals surface area contributed by atoms with Crippen molar-refractivity contribution >= 4 is 15.9 Å². The van der Waals surface area contributed by atoms with E-state index in [0.29, 0.717) is 5.92 Å². The molecule has 0 saturated heterocycles. The van der Waals surface area contributed by atoms with Crippen molar-refractivity contribution in [2.75, 3.05) is 0 Å². The lowest BCUT2D eigenvalue weighted by Gasteiger charge is -2.11. The highest BCUT2D eigenvalue weighted by Crippen LogP contribution is 2.27. The van der Waals surface area contributed by atoms with Gasteiger partial charge in [0.05, 0.1) is 0 Å². The van der Waals surface area contributed by atoms with Crippen LogP contribution in [-0.4, -0.2) is 0 Å². The minimum absolute atomic E-state index is 0.550. The first-order valence-electron chi connectivity index (χ1n) is 6.12. The lowest BCUT2D eigenvalue weighted by atomic mass is 10.0. The maximum Gasteiger partial charge on any atom is 0.131 e. The van der Waals surface area contributed by atoms with Gasteiger partial charge in [0.15, 0.2) is 0 Å². The Kier molecular flexibility index (Phi) is 4.43. The highest BCUT2D eigenvalue weighted by atomic mass is 79.9. The summed E-state index contributed by atoms with van der Waals surface area (Å²) in [5.41, 5.74) is 2.49. The number of alkyl halides is 1. The van der Waals surface area contributed by atoms with Crippen LogP contribution in [0.5, 0.6) is 11.5 Å². The van der Waals surface area contributed by atoms with Crippen molar-refractivity contribution in [3.05, 3.63) is 59.7 Å². The van der Waals surface area contributed by atoms with E-state index in [-0.39, 0.29) is 0 Å². The number of para-hydroxylation sites is 1. The Morgan fingerprint density at radius 2 is 1.67 bits per heavy atom. The maximum absolute atomic E-state index is 5.91. The Bertz CT molecular complexity index is 503. The fourth-order valence-corrected chi connectivity index (χ4v) is 2.22. The summed E-state index contributed by atoms with van der Waals surface area (Å²) < 4.78 is 5.91. The van der Waals surface area contributed by atoms with E-state index in [1.165, 1.54) is 5.56 Å². The van der Waals surface area contributed by atoms with E-state index in [2.05, 4.69) is 48.0 Å². The smallest absolute Gasteiger partial charge is 0.131 e. The van der Waals surface area contributed by atoms with Crippen LogP contribution < -0.4 is 4.74 Å². The third-order valence-electron chi connectivity index (χ3n) is 2.89. The molecule has 0 fully saturated rings. The summed E-state index contributed by atoms with van der Waals surface area (Å²) in [6.07, 6.45) is 0. The van der Waals surface area contributed by atoms with Gasteiger partial charge in [-0.2, -0.15) is 0 Å². The molecular formula is C16H17BrO. The Labute approximate surface area is 117 Å². The van der Waals surface area contributed by atoms with Gasteiger partial charge in [-0.15, -0.1) is 0 Å². The highest BCUT2D eigenvalue weighted by molar-refractivity contribution is 9.08. The van der Waals surface area contributed by atoms with E-state index >= 15 is 0 Å². The first-order valence-corrected chi connectivity index (χ1v) is 7.24. The minimum Gasteiger partial charge on any atom is -0.457 e. The standard InChI is InChI=1S/C16H17BrO/c1-12(2)13-7-9-15(10-8-13)18-16-6-4-3-5-14(16)11-17/h3-10,12H,11H2,1-2H3. The topological polar surface area (TPSA) is 9.23 Å². The van der Waals surface area contributed by atoms with Gasteiger partial charge in [0, 0.05) is 10.9 Å². The summed E-state index contributed by atoms with van der Waals surface area (Å²) in [6, 6.07) is 16.4. The van der Waals surface area contributed by atoms with Gasteiger partial charge in [0.25, 0.3) is 0 Å². The lowest BCUT2D eigenvalue weighted by molar-refractivity contribution is 0.478. The molecule has 2 aromatic carbocycles. The molecule has 0 N–H and O–H groups in total. The van der Waals surface area contributed by atoms with Crippen LogP contribution in [0.4, 0.5) is 0 Å². The molecule has 0 atom stereocenters. The molecule has 0 saturated carbocycles. The molecule has 0 aliphatic heterocycles. The van der Waals surface area contributed by atoms with Crippen LogP contribution in [0.15, 0.2) is 48.5 Å². The molecule has 0 radical (unpaired) electrons. The van der Waals surface area contributed by atoms with Crippen LogP contribution in [0.2, 0.25) is 0 Å². The van der Waals surface area contributed by atoms with Gasteiger partial charge in [-0.1, -0.05) is 60.1 Å². The average molecular weight is 305 g/mol. The van der Waals surface area contributed by atoms with E-state index < -0.39 is 0 Å². The number of hydrogen-bond donors (Lipinski definition) is 0. The van der Waals surface area contributed by atoms with E-state index in [9.17, 15) is 0 Å². The van der Waals surface area contributed by atoms with Gasteiger partial charge in [-0.25, -0.2) is 0 Å². The zero-order valence-corrected chi connectivity index (χ0v) is 12.3. The monoisotopic (exact) mass is 304 g/mol. The SMILES string of the molecule is CC(C)c1ccc(Oc2ccccc2CBr)cc1. The Hall–Kier alpha value is -1.28. The second kappa shape index (κ2) is 6.05. The Morgan fingerprint density at radius 3 is 2.28 bits per heavy atom. The fourth-order valence-electron chi connectivity index (χ4n) is 1.76. The lowest BCUT2D eigenvalue weighted by Crippen LogP contribution is -1.90. The van der Waals surface area contributed by atoms with Crippen molar-refractivity contribution < 1.29 is 4.74 Å². The molecule has 0 aliphatic carbocycles. The molecule has 1 nitrogen and oxygen atoms in total. The number of halogens is 1. The molecule has 0 heterocycles. The summed E-state index contributed by atoms with van der Waals surface area (Å²) in [5, 5.41) is 0.799. The van der Waals surface area contributed by atoms with Crippen LogP contribution in [0.3, 0.4) is 0 Å². The van der Waals surface area contributed by atoms with Gasteiger partial charge in [-0.3, -0.25) is 0 Å². The number of rotatable bonds is 4. The zero-order chi connectivity index (χ0) is 13.0. The minimum atomic E-state index is 0.550. The van der Waals surface area contributed by atoms with Crippen LogP contribution in [-0.2, 0) is 5.33 Å². The summed E-state index contributed by atoms with van der Waals surface area (Å²) in [5.74, 6) is 2.34. The molecule has 2 heteroatoms. The van der Waals surface area contributed by atoms with Crippen molar-refractivity contribution in [3.63, 3.8) is 0 Å². The van der Waals surface area contributed by atoms with Gasteiger partial charge >= 0.3 is 0 Å². The quantitative estimate of drug-likeness (QED) is 0.678. The fraction of sp³-hybridized carbons (Fsp3) is 0.250. The van der Waals surface area contributed by atoms with E-state index in [1.807, 2.05) is 30.3 Å². The largest absolute Gasteiger partial charge is 0.457 e. The molecule has 0 aliphatic rings.